The third-order valence-corrected chi connectivity index (χ3v) is 15.2. The lowest BCUT2D eigenvalue weighted by molar-refractivity contribution is -0.379. The third-order valence-electron chi connectivity index (χ3n) is 15.2. The van der Waals surface area contributed by atoms with Crippen LogP contribution in [-0.4, -0.2) is 193 Å². The van der Waals surface area contributed by atoms with Crippen molar-refractivity contribution in [1.82, 2.24) is 5.32 Å². The van der Waals surface area contributed by atoms with E-state index in [2.05, 4.69) is 36.5 Å². The summed E-state index contributed by atoms with van der Waals surface area (Å²) in [5.74, 6) is -0.285. The SMILES string of the molecule is CCCC/C=C/C(O)C(COC1OC(CO)C(OC2OC(CO)C(OC3OC(CO)C(O)C(O)C3O)C(O)C2O)C(O)C1O)NC(=O)CCCCCCCCCCCCCCCCCCC/C=C\C/C=C\CCCCCCC. The number of nitrogens with one attached hydrogen (secondary N) is 1. The second-order valence-electron chi connectivity index (χ2n) is 21.8. The third kappa shape index (κ3) is 26.5. The van der Waals surface area contributed by atoms with Crippen molar-refractivity contribution in [3.05, 3.63) is 36.5 Å². The molecule has 3 heterocycles. The Labute approximate surface area is 466 Å². The zero-order valence-corrected chi connectivity index (χ0v) is 47.4. The number of rotatable bonds is 44. The van der Waals surface area contributed by atoms with Crippen molar-refractivity contribution in [2.75, 3.05) is 26.4 Å². The van der Waals surface area contributed by atoms with Gasteiger partial charge in [0.2, 0.25) is 5.91 Å². The minimum absolute atomic E-state index is 0.242. The molecule has 3 fully saturated rings. The van der Waals surface area contributed by atoms with E-state index in [1.54, 1.807) is 6.08 Å². The van der Waals surface area contributed by atoms with Gasteiger partial charge < -0.3 is 89.9 Å². The molecule has 17 unspecified atom stereocenters. The van der Waals surface area contributed by atoms with Crippen LogP contribution in [0.4, 0.5) is 0 Å². The van der Waals surface area contributed by atoms with Gasteiger partial charge in [0.25, 0.3) is 0 Å². The van der Waals surface area contributed by atoms with Crippen LogP contribution >= 0.6 is 0 Å². The minimum Gasteiger partial charge on any atom is -0.394 e. The van der Waals surface area contributed by atoms with Crippen LogP contribution in [0, 0.1) is 0 Å². The predicted octanol–water partition coefficient (Wildman–Crippen LogP) is 5.32. The Hall–Kier alpha value is -1.99. The molecule has 19 nitrogen and oxygen atoms in total. The summed E-state index contributed by atoms with van der Waals surface area (Å²) in [6, 6.07) is -0.967. The van der Waals surface area contributed by atoms with Gasteiger partial charge in [0.1, 0.15) is 73.2 Å². The van der Waals surface area contributed by atoms with Gasteiger partial charge >= 0.3 is 0 Å². The van der Waals surface area contributed by atoms with E-state index in [1.807, 2.05) is 13.0 Å². The van der Waals surface area contributed by atoms with Crippen molar-refractivity contribution >= 4 is 5.91 Å². The van der Waals surface area contributed by atoms with Gasteiger partial charge in [-0.25, -0.2) is 0 Å². The quantitative estimate of drug-likeness (QED) is 0.0271. The highest BCUT2D eigenvalue weighted by molar-refractivity contribution is 5.76. The Kier molecular flexibility index (Phi) is 38.5. The van der Waals surface area contributed by atoms with Gasteiger partial charge in [0, 0.05) is 6.42 Å². The molecular formula is C59H107NO18. The second-order valence-corrected chi connectivity index (χ2v) is 21.8. The number of carbonyl (C=O) groups is 1. The van der Waals surface area contributed by atoms with Gasteiger partial charge in [-0.05, 0) is 44.9 Å². The van der Waals surface area contributed by atoms with Crippen LogP contribution in [0.2, 0.25) is 0 Å². The van der Waals surface area contributed by atoms with Crippen molar-refractivity contribution in [2.24, 2.45) is 0 Å². The van der Waals surface area contributed by atoms with Crippen LogP contribution in [0.15, 0.2) is 36.5 Å². The van der Waals surface area contributed by atoms with Crippen LogP contribution < -0.4 is 5.32 Å². The summed E-state index contributed by atoms with van der Waals surface area (Å²) in [6.45, 7) is 1.53. The summed E-state index contributed by atoms with van der Waals surface area (Å²) in [4.78, 5) is 13.2. The standard InChI is InChI=1S/C59H107NO18/c1-3-5-7-9-10-11-12-13-14-15-16-17-18-19-20-21-22-23-24-25-26-27-28-29-30-31-32-33-35-37-47(65)60-42(43(64)36-34-8-6-4-2)41-73-57-53(71)50(68)55(45(39-62)75-57)78-59-54(72)51(69)56(46(40-63)76-59)77-58-52(70)49(67)48(66)44(38-61)74-58/h12-13,15-16,34,36,42-46,48-59,61-64,66-72H,3-11,14,17-33,35,37-41H2,1-2H3,(H,60,65)/b13-12-,16-15-,36-34+. The fourth-order valence-corrected chi connectivity index (χ4v) is 10.1. The van der Waals surface area contributed by atoms with Crippen LogP contribution in [0.3, 0.4) is 0 Å². The van der Waals surface area contributed by atoms with E-state index in [9.17, 15) is 61.0 Å². The van der Waals surface area contributed by atoms with E-state index < -0.39 is 124 Å². The number of amides is 1. The van der Waals surface area contributed by atoms with Gasteiger partial charge in [0.15, 0.2) is 18.9 Å². The molecule has 3 rings (SSSR count). The van der Waals surface area contributed by atoms with E-state index in [-0.39, 0.29) is 18.9 Å². The molecule has 1 amide bonds. The topological polar surface area (TPSA) is 307 Å². The summed E-state index contributed by atoms with van der Waals surface area (Å²) >= 11 is 0. The molecule has 3 saturated heterocycles. The zero-order chi connectivity index (χ0) is 56.9. The molecule has 0 aromatic carbocycles. The summed E-state index contributed by atoms with van der Waals surface area (Å²) in [7, 11) is 0. The van der Waals surface area contributed by atoms with Crippen LogP contribution in [0.1, 0.15) is 200 Å². The first kappa shape index (κ1) is 70.3. The molecule has 456 valence electrons. The Balaban J connectivity index is 1.31. The molecule has 78 heavy (non-hydrogen) atoms. The van der Waals surface area contributed by atoms with Crippen molar-refractivity contribution < 1.29 is 89.4 Å². The fourth-order valence-electron chi connectivity index (χ4n) is 10.1. The number of aliphatic hydroxyl groups excluding tert-OH is 11. The molecule has 3 aliphatic heterocycles. The zero-order valence-electron chi connectivity index (χ0n) is 47.4. The Morgan fingerprint density at radius 1 is 0.462 bits per heavy atom. The highest BCUT2D eigenvalue weighted by atomic mass is 16.8. The molecule has 0 spiro atoms. The van der Waals surface area contributed by atoms with E-state index in [4.69, 9.17) is 28.4 Å². The van der Waals surface area contributed by atoms with Gasteiger partial charge in [-0.1, -0.05) is 185 Å². The maximum Gasteiger partial charge on any atom is 0.220 e. The van der Waals surface area contributed by atoms with E-state index in [1.165, 1.54) is 128 Å². The summed E-state index contributed by atoms with van der Waals surface area (Å²) < 4.78 is 34.0. The molecule has 0 aliphatic carbocycles. The number of hydrogen-bond donors (Lipinski definition) is 12. The van der Waals surface area contributed by atoms with Crippen LogP contribution in [-0.2, 0) is 33.2 Å². The van der Waals surface area contributed by atoms with Gasteiger partial charge in [-0.15, -0.1) is 0 Å². The Morgan fingerprint density at radius 2 is 0.859 bits per heavy atom. The van der Waals surface area contributed by atoms with E-state index >= 15 is 0 Å². The van der Waals surface area contributed by atoms with Crippen LogP contribution in [0.25, 0.3) is 0 Å². The summed E-state index contributed by atoms with van der Waals surface area (Å²) in [5.41, 5.74) is 0. The molecule has 3 aliphatic rings. The Bertz CT molecular complexity index is 1570. The highest BCUT2D eigenvalue weighted by Gasteiger charge is 2.53. The number of ether oxygens (including phenoxy) is 6. The van der Waals surface area contributed by atoms with Gasteiger partial charge in [-0.2, -0.15) is 0 Å². The molecular weight excluding hydrogens is 1010 g/mol. The first-order chi connectivity index (χ1) is 37.8. The summed E-state index contributed by atoms with van der Waals surface area (Å²) in [5, 5.41) is 119. The lowest BCUT2D eigenvalue weighted by Gasteiger charge is -2.48. The van der Waals surface area contributed by atoms with Crippen molar-refractivity contribution in [1.29, 1.82) is 0 Å². The van der Waals surface area contributed by atoms with E-state index in [0.29, 0.717) is 12.8 Å². The molecule has 0 bridgehead atoms. The van der Waals surface area contributed by atoms with Crippen LogP contribution in [0.5, 0.6) is 0 Å². The number of allylic oxidation sites excluding steroid dienone is 5. The first-order valence-electron chi connectivity index (χ1n) is 30.2. The molecule has 0 aromatic heterocycles. The van der Waals surface area contributed by atoms with Gasteiger partial charge in [0.05, 0.1) is 38.6 Å². The second kappa shape index (κ2) is 42.8. The maximum atomic E-state index is 13.2. The fraction of sp³-hybridized carbons (Fsp3) is 0.881. The molecule has 19 heteroatoms. The number of hydrogen-bond acceptors (Lipinski definition) is 18. The van der Waals surface area contributed by atoms with Crippen molar-refractivity contribution in [3.63, 3.8) is 0 Å². The number of carbonyl (C=O) groups excluding carboxylic acids is 1. The molecule has 12 N–H and O–H groups in total. The molecule has 0 aromatic rings. The average molecular weight is 1120 g/mol. The Morgan fingerprint density at radius 3 is 1.33 bits per heavy atom. The maximum absolute atomic E-state index is 13.2. The normalized spacial score (nSPS) is 30.7. The monoisotopic (exact) mass is 1120 g/mol. The van der Waals surface area contributed by atoms with Crippen molar-refractivity contribution in [3.8, 4) is 0 Å². The average Bonchev–Trinajstić information content (AvgIpc) is 3.44. The smallest absolute Gasteiger partial charge is 0.220 e. The lowest BCUT2D eigenvalue weighted by Crippen LogP contribution is -2.66. The highest BCUT2D eigenvalue weighted by Crippen LogP contribution is 2.33. The molecule has 0 saturated carbocycles. The van der Waals surface area contributed by atoms with E-state index in [0.717, 1.165) is 38.5 Å². The number of unbranched alkanes of at least 4 members (excludes halogenated alkanes) is 24. The summed E-state index contributed by atoms with van der Waals surface area (Å²) in [6.07, 6.45) is 19.7. The minimum atomic E-state index is -1.97. The number of aliphatic hydroxyl groups is 11. The molecule has 17 atom stereocenters. The first-order valence-corrected chi connectivity index (χ1v) is 30.2. The predicted molar refractivity (Wildman–Crippen MR) is 296 cm³/mol. The van der Waals surface area contributed by atoms with Gasteiger partial charge in [-0.3, -0.25) is 4.79 Å². The molecule has 0 radical (unpaired) electrons. The largest absolute Gasteiger partial charge is 0.394 e. The lowest BCUT2D eigenvalue weighted by atomic mass is 9.96. The van der Waals surface area contributed by atoms with Crippen molar-refractivity contribution in [2.45, 2.75) is 304 Å².